The highest BCUT2D eigenvalue weighted by atomic mass is 16.5. The topological polar surface area (TPSA) is 129 Å². The van der Waals surface area contributed by atoms with Crippen LogP contribution in [0.25, 0.3) is 0 Å². The van der Waals surface area contributed by atoms with Crippen molar-refractivity contribution in [1.29, 1.82) is 0 Å². The Balaban J connectivity index is 1.88. The SMILES string of the molecule is CCC1OC(C)C(COCC2CC(CO)C(OC)C(O)C2O)C(O)C1O. The van der Waals surface area contributed by atoms with Gasteiger partial charge in [0.25, 0.3) is 0 Å². The first kappa shape index (κ1) is 22.0. The number of aliphatic hydroxyl groups excluding tert-OH is 5. The van der Waals surface area contributed by atoms with E-state index in [4.69, 9.17) is 14.2 Å². The highest BCUT2D eigenvalue weighted by Gasteiger charge is 2.44. The van der Waals surface area contributed by atoms with Crippen LogP contribution in [0.4, 0.5) is 0 Å². The maximum atomic E-state index is 10.3. The summed E-state index contributed by atoms with van der Waals surface area (Å²) in [6, 6.07) is 0. The first-order valence-corrected chi connectivity index (χ1v) is 9.44. The third-order valence-electron chi connectivity index (χ3n) is 5.95. The number of methoxy groups -OCH3 is 1. The second-order valence-electron chi connectivity index (χ2n) is 7.59. The minimum Gasteiger partial charge on any atom is -0.396 e. The molecule has 2 aliphatic rings. The summed E-state index contributed by atoms with van der Waals surface area (Å²) in [5.74, 6) is -1.00. The van der Waals surface area contributed by atoms with Gasteiger partial charge >= 0.3 is 0 Å². The van der Waals surface area contributed by atoms with E-state index in [-0.39, 0.29) is 49.8 Å². The monoisotopic (exact) mass is 378 g/mol. The first-order chi connectivity index (χ1) is 12.3. The van der Waals surface area contributed by atoms with Gasteiger partial charge in [0, 0.05) is 31.5 Å². The molecular weight excluding hydrogens is 344 g/mol. The van der Waals surface area contributed by atoms with E-state index in [0.29, 0.717) is 12.8 Å². The van der Waals surface area contributed by atoms with E-state index in [9.17, 15) is 25.5 Å². The molecule has 0 radical (unpaired) electrons. The number of rotatable bonds is 7. The van der Waals surface area contributed by atoms with Crippen molar-refractivity contribution in [3.05, 3.63) is 0 Å². The highest BCUT2D eigenvalue weighted by molar-refractivity contribution is 4.94. The van der Waals surface area contributed by atoms with Crippen molar-refractivity contribution >= 4 is 0 Å². The molecule has 8 nitrogen and oxygen atoms in total. The summed E-state index contributed by atoms with van der Waals surface area (Å²) in [4.78, 5) is 0. The van der Waals surface area contributed by atoms with E-state index in [1.807, 2.05) is 13.8 Å². The summed E-state index contributed by atoms with van der Waals surface area (Å²) in [7, 11) is 1.45. The number of ether oxygens (including phenoxy) is 3. The molecule has 0 aromatic heterocycles. The molecule has 2 rings (SSSR count). The zero-order chi connectivity index (χ0) is 19.4. The Kier molecular flexibility index (Phi) is 8.24. The highest BCUT2D eigenvalue weighted by Crippen LogP contribution is 2.33. The molecular formula is C18H34O8. The van der Waals surface area contributed by atoms with Gasteiger partial charge in [0.2, 0.25) is 0 Å². The molecule has 0 aromatic carbocycles. The molecule has 8 heteroatoms. The smallest absolute Gasteiger partial charge is 0.107 e. The van der Waals surface area contributed by atoms with E-state index in [0.717, 1.165) is 0 Å². The van der Waals surface area contributed by atoms with Gasteiger partial charge in [0.15, 0.2) is 0 Å². The predicted octanol–water partition coefficient (Wildman–Crippen LogP) is -1.10. The van der Waals surface area contributed by atoms with Crippen LogP contribution in [0.15, 0.2) is 0 Å². The van der Waals surface area contributed by atoms with Crippen molar-refractivity contribution in [1.82, 2.24) is 0 Å². The van der Waals surface area contributed by atoms with Crippen LogP contribution in [0.1, 0.15) is 26.7 Å². The summed E-state index contributed by atoms with van der Waals surface area (Å²) < 4.78 is 16.6. The quantitative estimate of drug-likeness (QED) is 0.378. The fourth-order valence-corrected chi connectivity index (χ4v) is 4.23. The van der Waals surface area contributed by atoms with Gasteiger partial charge in [-0.1, -0.05) is 6.92 Å². The minimum atomic E-state index is -1.09. The molecule has 1 saturated carbocycles. The van der Waals surface area contributed by atoms with Gasteiger partial charge in [0.05, 0.1) is 43.7 Å². The predicted molar refractivity (Wildman–Crippen MR) is 92.4 cm³/mol. The van der Waals surface area contributed by atoms with Gasteiger partial charge in [-0.3, -0.25) is 0 Å². The van der Waals surface area contributed by atoms with E-state index in [1.54, 1.807) is 0 Å². The van der Waals surface area contributed by atoms with Crippen molar-refractivity contribution in [3.8, 4) is 0 Å². The van der Waals surface area contributed by atoms with Gasteiger partial charge in [0.1, 0.15) is 12.2 Å². The van der Waals surface area contributed by atoms with E-state index >= 15 is 0 Å². The average molecular weight is 378 g/mol. The van der Waals surface area contributed by atoms with Crippen molar-refractivity contribution in [2.75, 3.05) is 26.9 Å². The molecule has 5 N–H and O–H groups in total. The van der Waals surface area contributed by atoms with Crippen LogP contribution < -0.4 is 0 Å². The molecule has 0 aromatic rings. The van der Waals surface area contributed by atoms with Crippen molar-refractivity contribution < 1.29 is 39.7 Å². The van der Waals surface area contributed by atoms with Crippen LogP contribution >= 0.6 is 0 Å². The van der Waals surface area contributed by atoms with E-state index in [2.05, 4.69) is 0 Å². The Morgan fingerprint density at radius 1 is 0.962 bits per heavy atom. The maximum Gasteiger partial charge on any atom is 0.107 e. The van der Waals surface area contributed by atoms with Gasteiger partial charge in [-0.05, 0) is 19.8 Å². The fraction of sp³-hybridized carbons (Fsp3) is 1.00. The first-order valence-electron chi connectivity index (χ1n) is 9.44. The van der Waals surface area contributed by atoms with Crippen LogP contribution in [-0.4, -0.2) is 95.2 Å². The minimum absolute atomic E-state index is 0.143. The molecule has 10 atom stereocenters. The van der Waals surface area contributed by atoms with Crippen LogP contribution in [0.2, 0.25) is 0 Å². The lowest BCUT2D eigenvalue weighted by Gasteiger charge is -2.43. The summed E-state index contributed by atoms with van der Waals surface area (Å²) in [6.07, 6.45) is -4.16. The molecule has 0 spiro atoms. The Bertz CT molecular complexity index is 420. The number of hydrogen-bond acceptors (Lipinski definition) is 8. The van der Waals surface area contributed by atoms with Crippen LogP contribution in [0.5, 0.6) is 0 Å². The van der Waals surface area contributed by atoms with Gasteiger partial charge in [-0.15, -0.1) is 0 Å². The normalized spacial score (nSPS) is 47.1. The van der Waals surface area contributed by atoms with Crippen molar-refractivity contribution in [2.45, 2.75) is 69.4 Å². The standard InChI is InChI=1S/C18H34O8/c1-4-13-16(22)15(21)12(9(2)26-13)8-25-7-11-5-10(6-19)18(24-3)17(23)14(11)20/h9-23H,4-8H2,1-3H3. The number of hydrogen-bond donors (Lipinski definition) is 5. The van der Waals surface area contributed by atoms with E-state index in [1.165, 1.54) is 7.11 Å². The molecule has 26 heavy (non-hydrogen) atoms. The van der Waals surface area contributed by atoms with Crippen LogP contribution in [0.3, 0.4) is 0 Å². The Labute approximate surface area is 154 Å². The van der Waals surface area contributed by atoms with E-state index < -0.39 is 30.5 Å². The zero-order valence-electron chi connectivity index (χ0n) is 15.8. The van der Waals surface area contributed by atoms with Gasteiger partial charge in [-0.25, -0.2) is 0 Å². The molecule has 0 bridgehead atoms. The Morgan fingerprint density at radius 3 is 2.23 bits per heavy atom. The summed E-state index contributed by atoms with van der Waals surface area (Å²) in [6.45, 7) is 3.94. The molecule has 10 unspecified atom stereocenters. The zero-order valence-corrected chi connectivity index (χ0v) is 15.8. The van der Waals surface area contributed by atoms with Gasteiger partial charge in [-0.2, -0.15) is 0 Å². The summed E-state index contributed by atoms with van der Waals surface area (Å²) >= 11 is 0. The largest absolute Gasteiger partial charge is 0.396 e. The third-order valence-corrected chi connectivity index (χ3v) is 5.95. The maximum absolute atomic E-state index is 10.3. The Hall–Kier alpha value is -0.320. The molecule has 1 heterocycles. The second-order valence-corrected chi connectivity index (χ2v) is 7.59. The fourth-order valence-electron chi connectivity index (χ4n) is 4.23. The lowest BCUT2D eigenvalue weighted by molar-refractivity contribution is -0.209. The average Bonchev–Trinajstić information content (AvgIpc) is 2.63. The second kappa shape index (κ2) is 9.75. The van der Waals surface area contributed by atoms with Crippen LogP contribution in [0, 0.1) is 17.8 Å². The summed E-state index contributed by atoms with van der Waals surface area (Å²) in [5.41, 5.74) is 0. The molecule has 2 fully saturated rings. The van der Waals surface area contributed by atoms with Gasteiger partial charge < -0.3 is 39.7 Å². The third kappa shape index (κ3) is 4.56. The lowest BCUT2D eigenvalue weighted by atomic mass is 9.76. The van der Waals surface area contributed by atoms with Crippen molar-refractivity contribution in [2.24, 2.45) is 17.8 Å². The lowest BCUT2D eigenvalue weighted by Crippen LogP contribution is -2.55. The van der Waals surface area contributed by atoms with Crippen molar-refractivity contribution in [3.63, 3.8) is 0 Å². The molecule has 1 saturated heterocycles. The molecule has 1 aliphatic heterocycles. The van der Waals surface area contributed by atoms with Crippen LogP contribution in [-0.2, 0) is 14.2 Å². The molecule has 154 valence electrons. The Morgan fingerprint density at radius 2 is 1.65 bits per heavy atom. The molecule has 0 amide bonds. The number of aliphatic hydroxyl groups is 5. The summed E-state index contributed by atoms with van der Waals surface area (Å²) in [5, 5.41) is 50.5. The molecule has 1 aliphatic carbocycles.